The van der Waals surface area contributed by atoms with Gasteiger partial charge in [-0.1, -0.05) is 26.2 Å². The van der Waals surface area contributed by atoms with E-state index in [9.17, 15) is 4.79 Å². The van der Waals surface area contributed by atoms with Crippen LogP contribution in [-0.2, 0) is 4.79 Å². The van der Waals surface area contributed by atoms with Crippen molar-refractivity contribution >= 4 is 5.97 Å². The van der Waals surface area contributed by atoms with Crippen LogP contribution in [0.4, 0.5) is 0 Å². The Labute approximate surface area is 74.0 Å². The molecule has 1 saturated carbocycles. The van der Waals surface area contributed by atoms with Crippen LogP contribution in [-0.4, -0.2) is 11.1 Å². The lowest BCUT2D eigenvalue weighted by atomic mass is 9.86. The van der Waals surface area contributed by atoms with Crippen LogP contribution in [0, 0.1) is 11.8 Å². The van der Waals surface area contributed by atoms with Crippen LogP contribution >= 0.6 is 0 Å². The molecule has 2 nitrogen and oxygen atoms in total. The summed E-state index contributed by atoms with van der Waals surface area (Å²) in [7, 11) is 0. The van der Waals surface area contributed by atoms with Gasteiger partial charge >= 0.3 is 5.97 Å². The molecule has 12 heavy (non-hydrogen) atoms. The molecule has 1 rings (SSSR count). The van der Waals surface area contributed by atoms with Crippen molar-refractivity contribution in [3.05, 3.63) is 0 Å². The molecule has 70 valence electrons. The van der Waals surface area contributed by atoms with Gasteiger partial charge in [0.2, 0.25) is 0 Å². The monoisotopic (exact) mass is 170 g/mol. The fourth-order valence-electron chi connectivity index (χ4n) is 1.90. The highest BCUT2D eigenvalue weighted by Crippen LogP contribution is 2.25. The van der Waals surface area contributed by atoms with Crippen molar-refractivity contribution in [1.29, 1.82) is 0 Å². The van der Waals surface area contributed by atoms with Crippen LogP contribution in [0.2, 0.25) is 0 Å². The van der Waals surface area contributed by atoms with E-state index < -0.39 is 5.97 Å². The summed E-state index contributed by atoms with van der Waals surface area (Å²) in [4.78, 5) is 10.7. The number of aliphatic carboxylic acids is 1. The Hall–Kier alpha value is -0.530. The van der Waals surface area contributed by atoms with Gasteiger partial charge in [-0.25, -0.2) is 0 Å². The second-order valence-electron chi connectivity index (χ2n) is 4.00. The predicted octanol–water partition coefficient (Wildman–Crippen LogP) is 2.68. The van der Waals surface area contributed by atoms with E-state index in [-0.39, 0.29) is 5.92 Å². The molecule has 1 aliphatic carbocycles. The van der Waals surface area contributed by atoms with Crippen LogP contribution in [0.3, 0.4) is 0 Å². The van der Waals surface area contributed by atoms with Gasteiger partial charge in [0.05, 0.1) is 5.92 Å². The SMILES string of the molecule is CC1CCCCC(C(=O)O)CC1. The number of hydrogen-bond acceptors (Lipinski definition) is 1. The van der Waals surface area contributed by atoms with Gasteiger partial charge in [-0.2, -0.15) is 0 Å². The molecule has 2 heteroatoms. The van der Waals surface area contributed by atoms with E-state index in [1.165, 1.54) is 12.8 Å². The molecule has 0 aromatic heterocycles. The first-order chi connectivity index (χ1) is 5.70. The average molecular weight is 170 g/mol. The molecule has 0 saturated heterocycles. The Balaban J connectivity index is 2.39. The summed E-state index contributed by atoms with van der Waals surface area (Å²) in [6.07, 6.45) is 6.47. The van der Waals surface area contributed by atoms with Gasteiger partial charge in [-0.3, -0.25) is 4.79 Å². The highest BCUT2D eigenvalue weighted by Gasteiger charge is 2.19. The van der Waals surface area contributed by atoms with Crippen LogP contribution in [0.15, 0.2) is 0 Å². The lowest BCUT2D eigenvalue weighted by Crippen LogP contribution is -2.16. The van der Waals surface area contributed by atoms with Crippen LogP contribution in [0.25, 0.3) is 0 Å². The van der Waals surface area contributed by atoms with Crippen LogP contribution in [0.5, 0.6) is 0 Å². The molecular formula is C10H18O2. The Morgan fingerprint density at radius 3 is 2.50 bits per heavy atom. The third kappa shape index (κ3) is 2.84. The first kappa shape index (κ1) is 9.56. The summed E-state index contributed by atoms with van der Waals surface area (Å²) in [6, 6.07) is 0. The zero-order chi connectivity index (χ0) is 8.97. The van der Waals surface area contributed by atoms with E-state index in [4.69, 9.17) is 5.11 Å². The van der Waals surface area contributed by atoms with Crippen molar-refractivity contribution in [2.45, 2.75) is 45.4 Å². The molecule has 0 amide bonds. The molecule has 1 aliphatic rings. The minimum atomic E-state index is -0.593. The molecule has 0 heterocycles. The van der Waals surface area contributed by atoms with Gasteiger partial charge in [0.25, 0.3) is 0 Å². The Morgan fingerprint density at radius 1 is 1.17 bits per heavy atom. The minimum Gasteiger partial charge on any atom is -0.481 e. The lowest BCUT2D eigenvalue weighted by Gasteiger charge is -2.19. The van der Waals surface area contributed by atoms with E-state index in [1.807, 2.05) is 0 Å². The third-order valence-corrected chi connectivity index (χ3v) is 2.86. The van der Waals surface area contributed by atoms with E-state index in [1.54, 1.807) is 0 Å². The number of hydrogen-bond donors (Lipinski definition) is 1. The van der Waals surface area contributed by atoms with Crippen molar-refractivity contribution in [2.24, 2.45) is 11.8 Å². The van der Waals surface area contributed by atoms with Gasteiger partial charge < -0.3 is 5.11 Å². The van der Waals surface area contributed by atoms with E-state index in [0.717, 1.165) is 31.6 Å². The maximum absolute atomic E-state index is 10.7. The summed E-state index contributed by atoms with van der Waals surface area (Å²) < 4.78 is 0. The Kier molecular flexibility index (Phi) is 3.57. The fourth-order valence-corrected chi connectivity index (χ4v) is 1.90. The van der Waals surface area contributed by atoms with Crippen molar-refractivity contribution in [3.8, 4) is 0 Å². The number of rotatable bonds is 1. The van der Waals surface area contributed by atoms with Crippen LogP contribution < -0.4 is 0 Å². The second kappa shape index (κ2) is 4.48. The highest BCUT2D eigenvalue weighted by atomic mass is 16.4. The topological polar surface area (TPSA) is 37.3 Å². The van der Waals surface area contributed by atoms with Crippen LogP contribution in [0.1, 0.15) is 45.4 Å². The first-order valence-corrected chi connectivity index (χ1v) is 4.93. The first-order valence-electron chi connectivity index (χ1n) is 4.93. The van der Waals surface area contributed by atoms with E-state index in [0.29, 0.717) is 0 Å². The fraction of sp³-hybridized carbons (Fsp3) is 0.900. The number of carbonyl (C=O) groups is 1. The molecule has 1 fully saturated rings. The summed E-state index contributed by atoms with van der Waals surface area (Å²) in [6.45, 7) is 2.23. The molecule has 1 N–H and O–H groups in total. The highest BCUT2D eigenvalue weighted by molar-refractivity contribution is 5.69. The molecular weight excluding hydrogens is 152 g/mol. The van der Waals surface area contributed by atoms with Crippen molar-refractivity contribution in [3.63, 3.8) is 0 Å². The molecule has 0 aliphatic heterocycles. The maximum atomic E-state index is 10.7. The molecule has 0 aromatic rings. The molecule has 0 aromatic carbocycles. The standard InChI is InChI=1S/C10H18O2/c1-8-4-2-3-5-9(7-6-8)10(11)12/h8-9H,2-7H2,1H3,(H,11,12). The lowest BCUT2D eigenvalue weighted by molar-refractivity contribution is -0.142. The zero-order valence-electron chi connectivity index (χ0n) is 7.75. The van der Waals surface area contributed by atoms with Gasteiger partial charge in [-0.05, 0) is 25.2 Å². The van der Waals surface area contributed by atoms with Crippen molar-refractivity contribution < 1.29 is 9.90 Å². The van der Waals surface area contributed by atoms with Gasteiger partial charge in [-0.15, -0.1) is 0 Å². The Bertz CT molecular complexity index is 154. The molecule has 2 unspecified atom stereocenters. The Morgan fingerprint density at radius 2 is 1.83 bits per heavy atom. The number of carboxylic acid groups (broad SMARTS) is 1. The summed E-state index contributed by atoms with van der Waals surface area (Å²) in [5.41, 5.74) is 0. The third-order valence-electron chi connectivity index (χ3n) is 2.86. The van der Waals surface area contributed by atoms with E-state index in [2.05, 4.69) is 6.92 Å². The van der Waals surface area contributed by atoms with Gasteiger partial charge in [0.15, 0.2) is 0 Å². The van der Waals surface area contributed by atoms with Crippen molar-refractivity contribution in [1.82, 2.24) is 0 Å². The molecule has 0 bridgehead atoms. The largest absolute Gasteiger partial charge is 0.481 e. The summed E-state index contributed by atoms with van der Waals surface area (Å²) in [5, 5.41) is 8.84. The molecule has 2 atom stereocenters. The zero-order valence-corrected chi connectivity index (χ0v) is 7.75. The smallest absolute Gasteiger partial charge is 0.306 e. The predicted molar refractivity (Wildman–Crippen MR) is 48.0 cm³/mol. The molecule has 0 radical (unpaired) electrons. The van der Waals surface area contributed by atoms with Gasteiger partial charge in [0.1, 0.15) is 0 Å². The normalized spacial score (nSPS) is 32.1. The number of carboxylic acids is 1. The van der Waals surface area contributed by atoms with Gasteiger partial charge in [0, 0.05) is 0 Å². The summed E-state index contributed by atoms with van der Waals surface area (Å²) >= 11 is 0. The van der Waals surface area contributed by atoms with Crippen molar-refractivity contribution in [2.75, 3.05) is 0 Å². The second-order valence-corrected chi connectivity index (χ2v) is 4.00. The minimum absolute atomic E-state index is 0.0623. The molecule has 0 spiro atoms. The van der Waals surface area contributed by atoms with E-state index >= 15 is 0 Å². The summed E-state index contributed by atoms with van der Waals surface area (Å²) in [5.74, 6) is 0.0731. The average Bonchev–Trinajstić information content (AvgIpc) is 1.97. The maximum Gasteiger partial charge on any atom is 0.306 e. The quantitative estimate of drug-likeness (QED) is 0.657.